The summed E-state index contributed by atoms with van der Waals surface area (Å²) in [7, 11) is -2.10. The predicted octanol–water partition coefficient (Wildman–Crippen LogP) is 1.59. The molecule has 0 aromatic rings. The van der Waals surface area contributed by atoms with E-state index in [-0.39, 0.29) is 0 Å². The minimum absolute atomic E-state index is 0.549. The quantitative estimate of drug-likeness (QED) is 0.448. The molecule has 0 aliphatic carbocycles. The van der Waals surface area contributed by atoms with Crippen LogP contribution in [0.15, 0.2) is 36.3 Å². The van der Waals surface area contributed by atoms with Crippen molar-refractivity contribution in [2.45, 2.75) is 0 Å². The molecule has 1 nitrogen and oxygen atoms in total. The van der Waals surface area contributed by atoms with E-state index >= 15 is 0 Å². The fourth-order valence-electron chi connectivity index (χ4n) is 0.319. The summed E-state index contributed by atoms with van der Waals surface area (Å²) in [5.74, 6) is 3.47. The monoisotopic (exact) mass is 156 g/mol. The molecule has 0 saturated heterocycles. The van der Waals surface area contributed by atoms with Crippen molar-refractivity contribution in [2.24, 2.45) is 0 Å². The minimum atomic E-state index is -2.10. The summed E-state index contributed by atoms with van der Waals surface area (Å²) in [4.78, 5) is 0.549. The Hall–Kier alpha value is -0.760. The lowest BCUT2D eigenvalue weighted by molar-refractivity contribution is 0.689. The van der Waals surface area contributed by atoms with Gasteiger partial charge in [0.05, 0.1) is 0 Å². The van der Waals surface area contributed by atoms with Gasteiger partial charge in [-0.2, -0.15) is 0 Å². The van der Waals surface area contributed by atoms with Crippen LogP contribution in [0.5, 0.6) is 0 Å². The largest absolute Gasteiger partial charge is 0.263 e. The molecule has 0 aliphatic heterocycles. The van der Waals surface area contributed by atoms with Crippen molar-refractivity contribution in [3.63, 3.8) is 0 Å². The smallest absolute Gasteiger partial charge is 0.0230 e. The highest BCUT2D eigenvalue weighted by Crippen LogP contribution is 2.01. The van der Waals surface area contributed by atoms with Gasteiger partial charge in [0.15, 0.2) is 0 Å². The van der Waals surface area contributed by atoms with Gasteiger partial charge in [-0.05, 0) is 21.5 Å². The Bertz CT molecular complexity index is 255. The van der Waals surface area contributed by atoms with Gasteiger partial charge >= 0.3 is 0 Å². The molecule has 0 aliphatic rings. The zero-order chi connectivity index (χ0) is 8.20. The molecule has 0 N–H and O–H groups in total. The SMILES string of the molecule is C=C/C=C\C(=C)S(=C)(C)=O. The van der Waals surface area contributed by atoms with Gasteiger partial charge in [0, 0.05) is 11.2 Å². The lowest BCUT2D eigenvalue weighted by atomic mass is 10.5. The van der Waals surface area contributed by atoms with Crippen molar-refractivity contribution < 1.29 is 4.21 Å². The van der Waals surface area contributed by atoms with Crippen LogP contribution in [0.25, 0.3) is 0 Å². The van der Waals surface area contributed by atoms with Gasteiger partial charge in [0.2, 0.25) is 0 Å². The van der Waals surface area contributed by atoms with E-state index in [4.69, 9.17) is 0 Å². The van der Waals surface area contributed by atoms with Crippen LogP contribution in [0.1, 0.15) is 0 Å². The summed E-state index contributed by atoms with van der Waals surface area (Å²) in [6, 6.07) is 0. The highest BCUT2D eigenvalue weighted by molar-refractivity contribution is 8.03. The molecule has 1 unspecified atom stereocenters. The summed E-state index contributed by atoms with van der Waals surface area (Å²) in [5.41, 5.74) is 0. The zero-order valence-corrected chi connectivity index (χ0v) is 6.99. The zero-order valence-electron chi connectivity index (χ0n) is 6.17. The Balaban J connectivity index is 4.42. The summed E-state index contributed by atoms with van der Waals surface area (Å²) in [6.07, 6.45) is 6.51. The summed E-state index contributed by atoms with van der Waals surface area (Å²) >= 11 is 0. The second-order valence-electron chi connectivity index (χ2n) is 2.07. The van der Waals surface area contributed by atoms with Crippen molar-refractivity contribution in [2.75, 3.05) is 6.26 Å². The number of rotatable bonds is 3. The van der Waals surface area contributed by atoms with Crippen LogP contribution < -0.4 is 0 Å². The molecule has 10 heavy (non-hydrogen) atoms. The van der Waals surface area contributed by atoms with Gasteiger partial charge in [0.1, 0.15) is 0 Å². The van der Waals surface area contributed by atoms with Crippen molar-refractivity contribution >= 4 is 15.4 Å². The molecule has 0 aromatic heterocycles. The van der Waals surface area contributed by atoms with Gasteiger partial charge < -0.3 is 0 Å². The van der Waals surface area contributed by atoms with Gasteiger partial charge in [-0.15, -0.1) is 0 Å². The first-order chi connectivity index (χ1) is 4.48. The van der Waals surface area contributed by atoms with E-state index in [1.807, 2.05) is 0 Å². The third-order valence-corrected chi connectivity index (χ3v) is 2.22. The van der Waals surface area contributed by atoms with Crippen LogP contribution in [0.2, 0.25) is 0 Å². The molecule has 0 radical (unpaired) electrons. The molecule has 0 rings (SSSR count). The maximum absolute atomic E-state index is 11.1. The molecule has 0 amide bonds. The van der Waals surface area contributed by atoms with E-state index in [9.17, 15) is 4.21 Å². The molecule has 56 valence electrons. The molecule has 0 spiro atoms. The topological polar surface area (TPSA) is 17.1 Å². The van der Waals surface area contributed by atoms with Crippen LogP contribution in [0.4, 0.5) is 0 Å². The number of hydrogen-bond acceptors (Lipinski definition) is 1. The third kappa shape index (κ3) is 3.30. The maximum atomic E-state index is 11.1. The number of hydrogen-bond donors (Lipinski definition) is 0. The summed E-state index contributed by atoms with van der Waals surface area (Å²) in [5, 5.41) is 0. The molecule has 1 atom stereocenters. The van der Waals surface area contributed by atoms with Crippen molar-refractivity contribution in [1.29, 1.82) is 0 Å². The molecular formula is C8H12OS. The average Bonchev–Trinajstić information content (AvgIpc) is 1.80. The lowest BCUT2D eigenvalue weighted by Gasteiger charge is -1.98. The first-order valence-corrected chi connectivity index (χ1v) is 4.92. The first kappa shape index (κ1) is 9.24. The van der Waals surface area contributed by atoms with Crippen LogP contribution >= 0.6 is 0 Å². The minimum Gasteiger partial charge on any atom is -0.263 e. The molecule has 0 saturated carbocycles. The van der Waals surface area contributed by atoms with Crippen LogP contribution in [0, 0.1) is 0 Å². The van der Waals surface area contributed by atoms with Crippen molar-refractivity contribution in [1.82, 2.24) is 0 Å². The van der Waals surface area contributed by atoms with Gasteiger partial charge in [-0.1, -0.05) is 25.3 Å². The molecule has 2 heteroatoms. The standard InChI is InChI=1S/C8H12OS/c1-5-6-7-8(2)10(3,4)9/h5-7H,1-3H2,4H3/b7-6-. The fourth-order valence-corrected chi connectivity index (χ4v) is 0.686. The van der Waals surface area contributed by atoms with E-state index in [0.29, 0.717) is 4.91 Å². The van der Waals surface area contributed by atoms with E-state index in [1.165, 1.54) is 0 Å². The summed E-state index contributed by atoms with van der Waals surface area (Å²) in [6.45, 7) is 7.06. The Kier molecular flexibility index (Phi) is 3.16. The molecule has 0 heterocycles. The van der Waals surface area contributed by atoms with Gasteiger partial charge in [-0.25, -0.2) is 0 Å². The second-order valence-corrected chi connectivity index (χ2v) is 4.60. The second kappa shape index (κ2) is 3.42. The Morgan fingerprint density at radius 2 is 2.10 bits per heavy atom. The van der Waals surface area contributed by atoms with E-state index in [0.717, 1.165) is 0 Å². The first-order valence-electron chi connectivity index (χ1n) is 2.78. The highest BCUT2D eigenvalue weighted by Gasteiger charge is 1.94. The Morgan fingerprint density at radius 3 is 2.40 bits per heavy atom. The number of allylic oxidation sites excluding steroid dienone is 3. The van der Waals surface area contributed by atoms with Gasteiger partial charge in [0.25, 0.3) is 0 Å². The summed E-state index contributed by atoms with van der Waals surface area (Å²) < 4.78 is 11.1. The maximum Gasteiger partial charge on any atom is 0.0230 e. The average molecular weight is 156 g/mol. The van der Waals surface area contributed by atoms with Crippen molar-refractivity contribution in [3.8, 4) is 0 Å². The van der Waals surface area contributed by atoms with E-state index in [1.54, 1.807) is 24.5 Å². The van der Waals surface area contributed by atoms with Crippen LogP contribution in [-0.2, 0) is 9.52 Å². The Labute approximate surface area is 62.8 Å². The molecule has 0 aromatic carbocycles. The fraction of sp³-hybridized carbons (Fsp3) is 0.125. The lowest BCUT2D eigenvalue weighted by Crippen LogP contribution is -1.95. The molecule has 0 fully saturated rings. The van der Waals surface area contributed by atoms with Gasteiger partial charge in [-0.3, -0.25) is 4.21 Å². The predicted molar refractivity (Wildman–Crippen MR) is 49.7 cm³/mol. The van der Waals surface area contributed by atoms with E-state index < -0.39 is 9.52 Å². The van der Waals surface area contributed by atoms with Crippen LogP contribution in [-0.4, -0.2) is 16.3 Å². The van der Waals surface area contributed by atoms with Crippen LogP contribution in [0.3, 0.4) is 0 Å². The Morgan fingerprint density at radius 1 is 1.60 bits per heavy atom. The van der Waals surface area contributed by atoms with E-state index in [2.05, 4.69) is 19.0 Å². The van der Waals surface area contributed by atoms with Crippen molar-refractivity contribution in [3.05, 3.63) is 36.3 Å². The highest BCUT2D eigenvalue weighted by atomic mass is 32.2. The normalized spacial score (nSPS) is 16.5. The molecular weight excluding hydrogens is 144 g/mol. The molecule has 0 bridgehead atoms. The third-order valence-electron chi connectivity index (χ3n) is 0.973.